The highest BCUT2D eigenvalue weighted by Crippen LogP contribution is 2.24. The van der Waals surface area contributed by atoms with E-state index < -0.39 is 0 Å². The zero-order valence-electron chi connectivity index (χ0n) is 15.1. The lowest BCUT2D eigenvalue weighted by molar-refractivity contribution is 0.0601. The van der Waals surface area contributed by atoms with Crippen molar-refractivity contribution in [2.24, 2.45) is 0 Å². The molecule has 1 fully saturated rings. The maximum Gasteiger partial charge on any atom is 0.254 e. The quantitative estimate of drug-likeness (QED) is 0.821. The van der Waals surface area contributed by atoms with Crippen molar-refractivity contribution in [3.05, 3.63) is 65.2 Å². The summed E-state index contributed by atoms with van der Waals surface area (Å²) in [6.07, 6.45) is 4.90. The second-order valence-corrected chi connectivity index (χ2v) is 6.99. The molecule has 4 heteroatoms. The Morgan fingerprint density at radius 3 is 2.50 bits per heavy atom. The van der Waals surface area contributed by atoms with Gasteiger partial charge in [0.15, 0.2) is 5.78 Å². The first-order valence-corrected chi connectivity index (χ1v) is 9.24. The van der Waals surface area contributed by atoms with Crippen molar-refractivity contribution in [2.45, 2.75) is 45.1 Å². The summed E-state index contributed by atoms with van der Waals surface area (Å²) in [6.45, 7) is 2.30. The highest BCUT2D eigenvalue weighted by atomic mass is 16.3. The predicted octanol–water partition coefficient (Wildman–Crippen LogP) is 4.22. The molecule has 0 aromatic heterocycles. The molecule has 0 bridgehead atoms. The van der Waals surface area contributed by atoms with E-state index in [9.17, 15) is 14.7 Å². The molecule has 1 N–H and O–H groups in total. The number of Topliss-reactive ketones (excluding diaryl/α,β-unsaturated/α-hetero) is 1. The van der Waals surface area contributed by atoms with E-state index in [2.05, 4.69) is 0 Å². The second-order valence-electron chi connectivity index (χ2n) is 6.99. The minimum Gasteiger partial charge on any atom is -0.508 e. The van der Waals surface area contributed by atoms with Crippen molar-refractivity contribution in [3.8, 4) is 5.75 Å². The van der Waals surface area contributed by atoms with Crippen LogP contribution in [0.4, 0.5) is 0 Å². The van der Waals surface area contributed by atoms with Crippen molar-refractivity contribution >= 4 is 11.7 Å². The van der Waals surface area contributed by atoms with Gasteiger partial charge in [-0.15, -0.1) is 0 Å². The van der Waals surface area contributed by atoms with Gasteiger partial charge >= 0.3 is 0 Å². The van der Waals surface area contributed by atoms with Crippen LogP contribution in [-0.4, -0.2) is 34.3 Å². The number of carbonyl (C=O) groups is 2. The highest BCUT2D eigenvalue weighted by Gasteiger charge is 2.27. The molecule has 0 aliphatic carbocycles. The Kier molecular flexibility index (Phi) is 5.71. The van der Waals surface area contributed by atoms with Gasteiger partial charge in [-0.1, -0.05) is 24.3 Å². The van der Waals surface area contributed by atoms with Crippen molar-refractivity contribution < 1.29 is 14.7 Å². The molecule has 1 aliphatic heterocycles. The summed E-state index contributed by atoms with van der Waals surface area (Å²) in [7, 11) is 0. The largest absolute Gasteiger partial charge is 0.508 e. The number of aromatic hydroxyl groups is 1. The van der Waals surface area contributed by atoms with Crippen LogP contribution in [0.2, 0.25) is 0 Å². The van der Waals surface area contributed by atoms with Gasteiger partial charge in [0, 0.05) is 23.7 Å². The van der Waals surface area contributed by atoms with Crippen molar-refractivity contribution in [1.82, 2.24) is 4.90 Å². The number of hydrogen-bond acceptors (Lipinski definition) is 3. The summed E-state index contributed by atoms with van der Waals surface area (Å²) in [6, 6.07) is 14.5. The van der Waals surface area contributed by atoms with E-state index in [0.717, 1.165) is 44.2 Å². The Labute approximate surface area is 154 Å². The third-order valence-electron chi connectivity index (χ3n) is 5.10. The van der Waals surface area contributed by atoms with Gasteiger partial charge in [0.25, 0.3) is 5.91 Å². The van der Waals surface area contributed by atoms with E-state index >= 15 is 0 Å². The standard InChI is InChI=1S/C22H25NO3/c1-16(24)18-9-11-19(12-10-18)22(26)23-14-3-2-6-20(23)13-8-17-5-4-7-21(25)15-17/h4-5,7,9-12,15,20,25H,2-3,6,8,13-14H2,1H3/t20-/m1/s1. The molecule has 136 valence electrons. The van der Waals surface area contributed by atoms with Gasteiger partial charge in [0.1, 0.15) is 5.75 Å². The molecule has 3 rings (SSSR count). The number of benzene rings is 2. The van der Waals surface area contributed by atoms with Gasteiger partial charge in [0.05, 0.1) is 0 Å². The molecule has 1 heterocycles. The molecule has 2 aromatic rings. The first-order valence-electron chi connectivity index (χ1n) is 9.24. The van der Waals surface area contributed by atoms with Gasteiger partial charge in [0.2, 0.25) is 0 Å². The summed E-state index contributed by atoms with van der Waals surface area (Å²) in [5.41, 5.74) is 2.36. The molecule has 1 amide bonds. The highest BCUT2D eigenvalue weighted by molar-refractivity contribution is 5.97. The fourth-order valence-electron chi connectivity index (χ4n) is 3.63. The van der Waals surface area contributed by atoms with Gasteiger partial charge in [-0.25, -0.2) is 0 Å². The lowest BCUT2D eigenvalue weighted by atomic mass is 9.95. The van der Waals surface area contributed by atoms with E-state index in [1.54, 1.807) is 36.4 Å². The number of amides is 1. The second kappa shape index (κ2) is 8.17. The van der Waals surface area contributed by atoms with E-state index in [4.69, 9.17) is 0 Å². The molecule has 1 aliphatic rings. The van der Waals surface area contributed by atoms with Crippen LogP contribution < -0.4 is 0 Å². The Morgan fingerprint density at radius 2 is 1.81 bits per heavy atom. The van der Waals surface area contributed by atoms with Crippen LogP contribution in [-0.2, 0) is 6.42 Å². The molecule has 26 heavy (non-hydrogen) atoms. The summed E-state index contributed by atoms with van der Waals surface area (Å²) in [5.74, 6) is 0.330. The third kappa shape index (κ3) is 4.31. The van der Waals surface area contributed by atoms with Gasteiger partial charge in [-0.2, -0.15) is 0 Å². The predicted molar refractivity (Wildman–Crippen MR) is 102 cm³/mol. The van der Waals surface area contributed by atoms with Gasteiger partial charge < -0.3 is 10.0 Å². The fourth-order valence-corrected chi connectivity index (χ4v) is 3.63. The number of hydrogen-bond donors (Lipinski definition) is 1. The number of aryl methyl sites for hydroxylation is 1. The summed E-state index contributed by atoms with van der Waals surface area (Å²) < 4.78 is 0. The number of carbonyl (C=O) groups excluding carboxylic acids is 2. The van der Waals surface area contributed by atoms with E-state index in [1.165, 1.54) is 6.92 Å². The van der Waals surface area contributed by atoms with Crippen molar-refractivity contribution in [3.63, 3.8) is 0 Å². The molecule has 1 saturated heterocycles. The maximum absolute atomic E-state index is 13.0. The molecule has 1 atom stereocenters. The minimum absolute atomic E-state index is 0.00552. The Bertz CT molecular complexity index is 782. The van der Waals surface area contributed by atoms with Crippen LogP contribution in [0, 0.1) is 0 Å². The monoisotopic (exact) mass is 351 g/mol. The van der Waals surface area contributed by atoms with Crippen LogP contribution in [0.1, 0.15) is 58.9 Å². The van der Waals surface area contributed by atoms with Crippen molar-refractivity contribution in [1.29, 1.82) is 0 Å². The minimum atomic E-state index is 0.00552. The number of rotatable bonds is 5. The normalized spacial score (nSPS) is 17.1. The van der Waals surface area contributed by atoms with Crippen LogP contribution in [0.5, 0.6) is 5.75 Å². The van der Waals surface area contributed by atoms with E-state index in [1.807, 2.05) is 17.0 Å². The molecular formula is C22H25NO3. The molecule has 2 aromatic carbocycles. The SMILES string of the molecule is CC(=O)c1ccc(C(=O)N2CCCC[C@@H]2CCc2cccc(O)c2)cc1. The number of ketones is 1. The zero-order valence-corrected chi connectivity index (χ0v) is 15.1. The maximum atomic E-state index is 13.0. The molecule has 0 radical (unpaired) electrons. The van der Waals surface area contributed by atoms with E-state index in [0.29, 0.717) is 11.1 Å². The topological polar surface area (TPSA) is 57.6 Å². The number of phenols is 1. The van der Waals surface area contributed by atoms with Crippen molar-refractivity contribution in [2.75, 3.05) is 6.54 Å². The molecule has 0 unspecified atom stereocenters. The summed E-state index contributed by atoms with van der Waals surface area (Å²) in [4.78, 5) is 26.3. The number of likely N-dealkylation sites (tertiary alicyclic amines) is 1. The van der Waals surface area contributed by atoms with Gasteiger partial charge in [-0.3, -0.25) is 9.59 Å². The lowest BCUT2D eigenvalue weighted by Crippen LogP contribution is -2.44. The molecular weight excluding hydrogens is 326 g/mol. The number of piperidine rings is 1. The van der Waals surface area contributed by atoms with Gasteiger partial charge in [-0.05, 0) is 68.9 Å². The van der Waals surface area contributed by atoms with Crippen LogP contribution in [0.15, 0.2) is 48.5 Å². The Morgan fingerprint density at radius 1 is 1.08 bits per heavy atom. The summed E-state index contributed by atoms with van der Waals surface area (Å²) in [5, 5.41) is 9.61. The lowest BCUT2D eigenvalue weighted by Gasteiger charge is -2.36. The average molecular weight is 351 g/mol. The Hall–Kier alpha value is -2.62. The van der Waals surface area contributed by atoms with Crippen LogP contribution >= 0.6 is 0 Å². The smallest absolute Gasteiger partial charge is 0.254 e. The number of nitrogens with zero attached hydrogens (tertiary/aromatic N) is 1. The van der Waals surface area contributed by atoms with Crippen LogP contribution in [0.3, 0.4) is 0 Å². The zero-order chi connectivity index (χ0) is 18.5. The fraction of sp³-hybridized carbons (Fsp3) is 0.364. The molecule has 0 saturated carbocycles. The van der Waals surface area contributed by atoms with Crippen LogP contribution in [0.25, 0.3) is 0 Å². The first kappa shape index (κ1) is 18.2. The summed E-state index contributed by atoms with van der Waals surface area (Å²) >= 11 is 0. The Balaban J connectivity index is 1.69. The molecule has 0 spiro atoms. The van der Waals surface area contributed by atoms with E-state index in [-0.39, 0.29) is 23.5 Å². The molecule has 4 nitrogen and oxygen atoms in total. The third-order valence-corrected chi connectivity index (χ3v) is 5.10. The first-order chi connectivity index (χ1) is 12.5. The average Bonchev–Trinajstić information content (AvgIpc) is 2.66. The number of phenolic OH excluding ortho intramolecular Hbond substituents is 1.